The maximum absolute atomic E-state index is 12.0. The molecule has 0 bridgehead atoms. The molecule has 0 aliphatic rings. The van der Waals surface area contributed by atoms with Crippen LogP contribution in [0.25, 0.3) is 22.2 Å². The number of carbonyl (C=O) groups is 2. The molecule has 0 radical (unpaired) electrons. The molecule has 0 aliphatic carbocycles. The first-order valence-corrected chi connectivity index (χ1v) is 7.14. The first-order chi connectivity index (χ1) is 11.6. The molecule has 122 valence electrons. The molecular formula is C16H12N2O6. The molecular weight excluding hydrogens is 316 g/mol. The number of nitrogens with one attached hydrogen (secondary N) is 2. The van der Waals surface area contributed by atoms with Gasteiger partial charge in [-0.1, -0.05) is 0 Å². The number of H-pyrrole nitrogens is 2. The van der Waals surface area contributed by atoms with E-state index in [9.17, 15) is 9.59 Å². The summed E-state index contributed by atoms with van der Waals surface area (Å²) in [5.74, 6) is -1.30. The number of carbonyl (C=O) groups excluding carboxylic acids is 2. The van der Waals surface area contributed by atoms with Crippen LogP contribution in [0, 0.1) is 0 Å². The Morgan fingerprint density at radius 1 is 0.917 bits per heavy atom. The van der Waals surface area contributed by atoms with Crippen molar-refractivity contribution in [3.05, 3.63) is 48.2 Å². The van der Waals surface area contributed by atoms with Gasteiger partial charge in [-0.3, -0.25) is 0 Å². The molecule has 0 saturated carbocycles. The Bertz CT molecular complexity index is 894. The molecule has 4 rings (SSSR count). The summed E-state index contributed by atoms with van der Waals surface area (Å²) in [7, 11) is 0. The minimum absolute atomic E-state index is 0.213. The summed E-state index contributed by atoms with van der Waals surface area (Å²) in [6.07, 6.45) is 1.95. The smallest absolute Gasteiger partial charge is 0.357 e. The summed E-state index contributed by atoms with van der Waals surface area (Å²) in [6.45, 7) is 1.45. The van der Waals surface area contributed by atoms with Crippen LogP contribution in [0.15, 0.2) is 45.6 Å². The molecule has 0 spiro atoms. The lowest BCUT2D eigenvalue weighted by Gasteiger charge is -2.12. The highest BCUT2D eigenvalue weighted by atomic mass is 16.7. The summed E-state index contributed by atoms with van der Waals surface area (Å²) in [5.41, 5.74) is 2.87. The summed E-state index contributed by atoms with van der Waals surface area (Å²) in [6, 6.07) is 6.42. The third kappa shape index (κ3) is 2.43. The summed E-state index contributed by atoms with van der Waals surface area (Å²) < 4.78 is 20.5. The average Bonchev–Trinajstić information content (AvgIpc) is 3.25. The van der Waals surface area contributed by atoms with Crippen molar-refractivity contribution in [2.75, 3.05) is 0 Å². The first kappa shape index (κ1) is 14.2. The van der Waals surface area contributed by atoms with Crippen molar-refractivity contribution in [1.29, 1.82) is 0 Å². The molecule has 8 heteroatoms. The van der Waals surface area contributed by atoms with Crippen molar-refractivity contribution in [2.45, 2.75) is 13.2 Å². The Morgan fingerprint density at radius 2 is 1.38 bits per heavy atom. The molecule has 0 fully saturated rings. The molecule has 0 aromatic carbocycles. The molecule has 0 atom stereocenters. The van der Waals surface area contributed by atoms with Crippen molar-refractivity contribution in [3.8, 4) is 0 Å². The highest BCUT2D eigenvalue weighted by Gasteiger charge is 2.20. The van der Waals surface area contributed by atoms with Crippen LogP contribution in [0.2, 0.25) is 0 Å². The van der Waals surface area contributed by atoms with Crippen molar-refractivity contribution in [2.24, 2.45) is 0 Å². The van der Waals surface area contributed by atoms with Crippen LogP contribution >= 0.6 is 0 Å². The second-order valence-electron chi connectivity index (χ2n) is 5.14. The summed E-state index contributed by atoms with van der Waals surface area (Å²) in [5, 5.41) is 0. The van der Waals surface area contributed by atoms with Crippen LogP contribution in [0.5, 0.6) is 0 Å². The highest BCUT2D eigenvalue weighted by molar-refractivity contribution is 5.94. The monoisotopic (exact) mass is 328 g/mol. The van der Waals surface area contributed by atoms with E-state index in [0.29, 0.717) is 22.2 Å². The predicted molar refractivity (Wildman–Crippen MR) is 81.4 cm³/mol. The first-order valence-electron chi connectivity index (χ1n) is 7.14. The zero-order valence-electron chi connectivity index (χ0n) is 12.5. The van der Waals surface area contributed by atoms with Crippen molar-refractivity contribution in [3.63, 3.8) is 0 Å². The lowest BCUT2D eigenvalue weighted by atomic mass is 10.4. The van der Waals surface area contributed by atoms with Gasteiger partial charge in [0.25, 0.3) is 0 Å². The van der Waals surface area contributed by atoms with Crippen LogP contribution < -0.4 is 0 Å². The number of aromatic nitrogens is 2. The number of esters is 2. The van der Waals surface area contributed by atoms with Gasteiger partial charge < -0.3 is 28.3 Å². The van der Waals surface area contributed by atoms with Gasteiger partial charge in [-0.15, -0.1) is 0 Å². The van der Waals surface area contributed by atoms with Crippen LogP contribution in [0.4, 0.5) is 0 Å². The van der Waals surface area contributed by atoms with Gasteiger partial charge >= 0.3 is 11.9 Å². The maximum Gasteiger partial charge on any atom is 0.357 e. The van der Waals surface area contributed by atoms with Gasteiger partial charge in [0.1, 0.15) is 11.4 Å². The second-order valence-corrected chi connectivity index (χ2v) is 5.14. The quantitative estimate of drug-likeness (QED) is 0.439. The van der Waals surface area contributed by atoms with Crippen LogP contribution in [-0.4, -0.2) is 28.2 Å². The second kappa shape index (κ2) is 5.34. The topological polar surface area (TPSA) is 110 Å². The Morgan fingerprint density at radius 3 is 1.79 bits per heavy atom. The van der Waals surface area contributed by atoms with E-state index < -0.39 is 18.2 Å². The largest absolute Gasteiger partial charge is 0.463 e. The van der Waals surface area contributed by atoms with Gasteiger partial charge in [0.2, 0.25) is 6.29 Å². The van der Waals surface area contributed by atoms with E-state index in [1.807, 2.05) is 0 Å². The number of ether oxygens (including phenoxy) is 2. The van der Waals surface area contributed by atoms with E-state index in [4.69, 9.17) is 18.3 Å². The zero-order valence-corrected chi connectivity index (χ0v) is 12.5. The van der Waals surface area contributed by atoms with E-state index in [-0.39, 0.29) is 11.4 Å². The van der Waals surface area contributed by atoms with Gasteiger partial charge in [0, 0.05) is 31.2 Å². The lowest BCUT2D eigenvalue weighted by molar-refractivity contribution is -0.0697. The van der Waals surface area contributed by atoms with Gasteiger partial charge in [0.05, 0.1) is 23.6 Å². The molecule has 4 aromatic heterocycles. The van der Waals surface area contributed by atoms with E-state index in [2.05, 4.69) is 9.97 Å². The fourth-order valence-electron chi connectivity index (χ4n) is 2.37. The summed E-state index contributed by atoms with van der Waals surface area (Å²) >= 11 is 0. The van der Waals surface area contributed by atoms with Crippen LogP contribution in [-0.2, 0) is 9.47 Å². The molecule has 24 heavy (non-hydrogen) atoms. The van der Waals surface area contributed by atoms with Gasteiger partial charge in [-0.05, 0) is 0 Å². The molecule has 4 aromatic rings. The Labute approximate surface area is 134 Å². The minimum Gasteiger partial charge on any atom is -0.463 e. The number of aromatic amines is 2. The normalized spacial score (nSPS) is 11.4. The van der Waals surface area contributed by atoms with E-state index in [0.717, 1.165) is 0 Å². The van der Waals surface area contributed by atoms with E-state index >= 15 is 0 Å². The van der Waals surface area contributed by atoms with E-state index in [1.165, 1.54) is 31.6 Å². The third-order valence-corrected chi connectivity index (χ3v) is 3.47. The van der Waals surface area contributed by atoms with Gasteiger partial charge in [0.15, 0.2) is 11.2 Å². The number of furan rings is 2. The van der Waals surface area contributed by atoms with Gasteiger partial charge in [-0.25, -0.2) is 9.59 Å². The number of fused-ring (bicyclic) bond motifs is 2. The minimum atomic E-state index is -1.06. The SMILES string of the molecule is CC(OC(=O)c1cc2occc2[nH]1)OC(=O)c1cc2occc2[nH]1. The molecule has 8 nitrogen and oxygen atoms in total. The molecule has 0 amide bonds. The highest BCUT2D eigenvalue weighted by Crippen LogP contribution is 2.19. The Hall–Kier alpha value is -3.42. The Balaban J connectivity index is 1.41. The average molecular weight is 328 g/mol. The molecule has 0 saturated heterocycles. The number of hydrogen-bond acceptors (Lipinski definition) is 6. The Kier molecular flexibility index (Phi) is 3.16. The molecule has 0 aliphatic heterocycles. The predicted octanol–water partition coefficient (Wildman–Crippen LogP) is 3.20. The van der Waals surface area contributed by atoms with Crippen LogP contribution in [0.3, 0.4) is 0 Å². The fraction of sp³-hybridized carbons (Fsp3) is 0.125. The number of hydrogen-bond donors (Lipinski definition) is 2. The fourth-order valence-corrected chi connectivity index (χ4v) is 2.37. The maximum atomic E-state index is 12.0. The molecule has 2 N–H and O–H groups in total. The molecule has 0 unspecified atom stereocenters. The summed E-state index contributed by atoms with van der Waals surface area (Å²) in [4.78, 5) is 29.8. The van der Waals surface area contributed by atoms with Crippen molar-refractivity contribution < 1.29 is 27.9 Å². The molecule has 4 heterocycles. The lowest BCUT2D eigenvalue weighted by Crippen LogP contribution is -2.22. The zero-order chi connectivity index (χ0) is 16.7. The standard InChI is InChI=1S/C16H12N2O6/c1-8(23-15(19)11-6-13-9(17-11)2-4-21-13)24-16(20)12-7-14-10(18-12)3-5-22-14/h2-8,17-18H,1H3. The van der Waals surface area contributed by atoms with E-state index in [1.54, 1.807) is 12.1 Å². The van der Waals surface area contributed by atoms with Crippen LogP contribution in [0.1, 0.15) is 27.9 Å². The number of rotatable bonds is 4. The third-order valence-electron chi connectivity index (χ3n) is 3.47. The van der Waals surface area contributed by atoms with Gasteiger partial charge in [-0.2, -0.15) is 0 Å². The van der Waals surface area contributed by atoms with Crippen molar-refractivity contribution >= 4 is 34.1 Å². The van der Waals surface area contributed by atoms with Crippen molar-refractivity contribution in [1.82, 2.24) is 9.97 Å².